The van der Waals surface area contributed by atoms with Crippen LogP contribution in [0.4, 0.5) is 0 Å². The molecule has 0 heterocycles. The number of carbonyl (C=O) groups excluding carboxylic acids is 2. The topological polar surface area (TPSA) is 67.4 Å². The summed E-state index contributed by atoms with van der Waals surface area (Å²) < 4.78 is 5.07. The van der Waals surface area contributed by atoms with Crippen LogP contribution in [0.3, 0.4) is 0 Å². The zero-order valence-electron chi connectivity index (χ0n) is 12.4. The molecule has 2 amide bonds. The van der Waals surface area contributed by atoms with Crippen molar-refractivity contribution in [2.24, 2.45) is 5.92 Å². The Morgan fingerprint density at radius 3 is 2.25 bits per heavy atom. The van der Waals surface area contributed by atoms with E-state index in [-0.39, 0.29) is 17.7 Å². The van der Waals surface area contributed by atoms with E-state index in [4.69, 9.17) is 4.74 Å². The predicted octanol–water partition coefficient (Wildman–Crippen LogP) is 1.47. The maximum absolute atomic E-state index is 12.1. The van der Waals surface area contributed by atoms with Crippen molar-refractivity contribution in [3.63, 3.8) is 0 Å². The minimum absolute atomic E-state index is 0.0368. The average Bonchev–Trinajstić information content (AvgIpc) is 2.42. The Hall–Kier alpha value is -2.04. The summed E-state index contributed by atoms with van der Waals surface area (Å²) in [6, 6.07) is 6.96. The Balaban J connectivity index is 2.57. The van der Waals surface area contributed by atoms with E-state index in [2.05, 4.69) is 10.6 Å². The summed E-state index contributed by atoms with van der Waals surface area (Å²) in [4.78, 5) is 23.2. The van der Waals surface area contributed by atoms with Crippen molar-refractivity contribution in [2.45, 2.75) is 33.4 Å². The fourth-order valence-corrected chi connectivity index (χ4v) is 1.80. The van der Waals surface area contributed by atoms with Gasteiger partial charge in [0.1, 0.15) is 11.8 Å². The van der Waals surface area contributed by atoms with Crippen molar-refractivity contribution >= 4 is 11.8 Å². The van der Waals surface area contributed by atoms with Crippen molar-refractivity contribution in [2.75, 3.05) is 7.11 Å². The molecule has 0 aromatic heterocycles. The number of carbonyl (C=O) groups is 2. The molecule has 0 aliphatic rings. The van der Waals surface area contributed by atoms with Crippen molar-refractivity contribution in [3.8, 4) is 5.75 Å². The lowest BCUT2D eigenvalue weighted by Crippen LogP contribution is -2.48. The molecular weight excluding hydrogens is 256 g/mol. The average molecular weight is 278 g/mol. The van der Waals surface area contributed by atoms with Crippen LogP contribution in [-0.4, -0.2) is 25.0 Å². The summed E-state index contributed by atoms with van der Waals surface area (Å²) in [6.45, 7) is 5.62. The first-order valence-electron chi connectivity index (χ1n) is 6.61. The number of rotatable bonds is 6. The van der Waals surface area contributed by atoms with Gasteiger partial charge < -0.3 is 15.4 Å². The smallest absolute Gasteiger partial charge is 0.243 e. The fraction of sp³-hybridized carbons (Fsp3) is 0.467. The molecule has 0 saturated carbocycles. The van der Waals surface area contributed by atoms with E-state index in [1.54, 1.807) is 7.11 Å². The van der Waals surface area contributed by atoms with E-state index in [0.717, 1.165) is 11.3 Å². The van der Waals surface area contributed by atoms with Gasteiger partial charge in [-0.1, -0.05) is 26.0 Å². The first-order chi connectivity index (χ1) is 9.43. The molecule has 0 spiro atoms. The van der Waals surface area contributed by atoms with Gasteiger partial charge in [0.15, 0.2) is 0 Å². The largest absolute Gasteiger partial charge is 0.497 e. The summed E-state index contributed by atoms with van der Waals surface area (Å²) in [7, 11) is 1.61. The van der Waals surface area contributed by atoms with Crippen LogP contribution < -0.4 is 15.4 Å². The normalized spacial score (nSPS) is 11.8. The molecule has 5 heteroatoms. The molecule has 110 valence electrons. The quantitative estimate of drug-likeness (QED) is 0.828. The first kappa shape index (κ1) is 16.0. The van der Waals surface area contributed by atoms with Crippen molar-refractivity contribution < 1.29 is 14.3 Å². The van der Waals surface area contributed by atoms with Crippen LogP contribution in [0.5, 0.6) is 5.75 Å². The van der Waals surface area contributed by atoms with Crippen LogP contribution >= 0.6 is 0 Å². The van der Waals surface area contributed by atoms with Gasteiger partial charge in [-0.25, -0.2) is 0 Å². The molecule has 0 bridgehead atoms. The third kappa shape index (κ3) is 4.91. The third-order valence-corrected chi connectivity index (χ3v) is 2.93. The van der Waals surface area contributed by atoms with E-state index in [9.17, 15) is 9.59 Å². The van der Waals surface area contributed by atoms with E-state index in [1.165, 1.54) is 6.92 Å². The summed E-state index contributed by atoms with van der Waals surface area (Å²) in [5.74, 6) is 0.433. The first-order valence-corrected chi connectivity index (χ1v) is 6.61. The molecule has 1 aromatic carbocycles. The van der Waals surface area contributed by atoms with Gasteiger partial charge in [-0.05, 0) is 23.6 Å². The molecule has 0 aliphatic carbocycles. The summed E-state index contributed by atoms with van der Waals surface area (Å²) in [5, 5.41) is 5.49. The van der Waals surface area contributed by atoms with Gasteiger partial charge in [0.2, 0.25) is 11.8 Å². The Labute approximate surface area is 119 Å². The molecule has 1 aromatic rings. The number of hydrogen-bond donors (Lipinski definition) is 2. The Kier molecular flexibility index (Phi) is 6.03. The van der Waals surface area contributed by atoms with Crippen molar-refractivity contribution in [1.82, 2.24) is 10.6 Å². The van der Waals surface area contributed by atoms with Gasteiger partial charge in [0.25, 0.3) is 0 Å². The number of hydrogen-bond acceptors (Lipinski definition) is 3. The van der Waals surface area contributed by atoms with Gasteiger partial charge >= 0.3 is 0 Å². The molecule has 0 radical (unpaired) electrons. The summed E-state index contributed by atoms with van der Waals surface area (Å²) >= 11 is 0. The highest BCUT2D eigenvalue weighted by Gasteiger charge is 2.22. The highest BCUT2D eigenvalue weighted by atomic mass is 16.5. The van der Waals surface area contributed by atoms with Gasteiger partial charge in [-0.15, -0.1) is 0 Å². The molecule has 5 nitrogen and oxygen atoms in total. The molecule has 0 saturated heterocycles. The van der Waals surface area contributed by atoms with Gasteiger partial charge in [0, 0.05) is 13.5 Å². The van der Waals surface area contributed by atoms with Crippen molar-refractivity contribution in [3.05, 3.63) is 29.8 Å². The van der Waals surface area contributed by atoms with Crippen LogP contribution in [0, 0.1) is 5.92 Å². The fourth-order valence-electron chi connectivity index (χ4n) is 1.80. The predicted molar refractivity (Wildman–Crippen MR) is 77.3 cm³/mol. The monoisotopic (exact) mass is 278 g/mol. The maximum atomic E-state index is 12.1. The lowest BCUT2D eigenvalue weighted by Gasteiger charge is -2.20. The molecule has 0 fully saturated rings. The van der Waals surface area contributed by atoms with E-state index in [1.807, 2.05) is 38.1 Å². The number of benzene rings is 1. The van der Waals surface area contributed by atoms with Crippen LogP contribution in [-0.2, 0) is 16.1 Å². The van der Waals surface area contributed by atoms with Gasteiger partial charge in [-0.3, -0.25) is 9.59 Å². The maximum Gasteiger partial charge on any atom is 0.243 e. The number of amides is 2. The number of nitrogens with one attached hydrogen (secondary N) is 2. The van der Waals surface area contributed by atoms with Gasteiger partial charge in [0.05, 0.1) is 7.11 Å². The van der Waals surface area contributed by atoms with E-state index >= 15 is 0 Å². The second kappa shape index (κ2) is 7.53. The highest BCUT2D eigenvalue weighted by molar-refractivity contribution is 5.86. The van der Waals surface area contributed by atoms with E-state index in [0.29, 0.717) is 6.54 Å². The molecule has 2 N–H and O–H groups in total. The van der Waals surface area contributed by atoms with Crippen molar-refractivity contribution in [1.29, 1.82) is 0 Å². The zero-order chi connectivity index (χ0) is 15.1. The Bertz CT molecular complexity index is 455. The molecule has 0 aliphatic heterocycles. The highest BCUT2D eigenvalue weighted by Crippen LogP contribution is 2.11. The minimum atomic E-state index is -0.509. The summed E-state index contributed by atoms with van der Waals surface area (Å²) in [5.41, 5.74) is 0.976. The summed E-state index contributed by atoms with van der Waals surface area (Å²) in [6.07, 6.45) is 0. The molecule has 20 heavy (non-hydrogen) atoms. The molecule has 0 unspecified atom stereocenters. The lowest BCUT2D eigenvalue weighted by molar-refractivity contribution is -0.129. The van der Waals surface area contributed by atoms with E-state index < -0.39 is 6.04 Å². The number of ether oxygens (including phenoxy) is 1. The standard InChI is InChI=1S/C15H22N2O3/c1-10(2)14(17-11(3)18)15(19)16-9-12-5-7-13(20-4)8-6-12/h5-8,10,14H,9H2,1-4H3,(H,16,19)(H,17,18)/t14-/m1/s1. The molecule has 1 rings (SSSR count). The zero-order valence-corrected chi connectivity index (χ0v) is 12.4. The molecule has 1 atom stereocenters. The second-order valence-corrected chi connectivity index (χ2v) is 4.99. The van der Waals surface area contributed by atoms with Gasteiger partial charge in [-0.2, -0.15) is 0 Å². The van der Waals surface area contributed by atoms with Crippen LogP contribution in [0.2, 0.25) is 0 Å². The minimum Gasteiger partial charge on any atom is -0.497 e. The Morgan fingerprint density at radius 2 is 1.80 bits per heavy atom. The lowest BCUT2D eigenvalue weighted by atomic mass is 10.0. The third-order valence-electron chi connectivity index (χ3n) is 2.93. The van der Waals surface area contributed by atoms with Crippen LogP contribution in [0.25, 0.3) is 0 Å². The van der Waals surface area contributed by atoms with Crippen LogP contribution in [0.1, 0.15) is 26.3 Å². The second-order valence-electron chi connectivity index (χ2n) is 4.99. The molecular formula is C15H22N2O3. The SMILES string of the molecule is COc1ccc(CNC(=O)[C@H](NC(C)=O)C(C)C)cc1. The number of methoxy groups -OCH3 is 1. The van der Waals surface area contributed by atoms with Crippen LogP contribution in [0.15, 0.2) is 24.3 Å². The Morgan fingerprint density at radius 1 is 1.20 bits per heavy atom.